The van der Waals surface area contributed by atoms with Gasteiger partial charge in [0.2, 0.25) is 17.0 Å². The fraction of sp³-hybridized carbons (Fsp3) is 0.150. The van der Waals surface area contributed by atoms with Gasteiger partial charge in [-0.3, -0.25) is 9.89 Å². The van der Waals surface area contributed by atoms with Crippen LogP contribution >= 0.6 is 23.4 Å². The standard InChI is InChI=1S/C20H15ClF2N6O2S/c21-14-9-13(4-5-15(14)23)24-17(30)6-7-18-25-16(29-31-18)10-32-20-26-19(27-28-20)11-2-1-3-12(22)8-11/h1-5,8-9H,6-7,10H2,(H,24,30)(H,26,27,28). The molecule has 0 aliphatic heterocycles. The molecule has 8 nitrogen and oxygen atoms in total. The number of aromatic amines is 1. The first-order chi connectivity index (χ1) is 15.5. The van der Waals surface area contributed by atoms with Crippen LogP contribution in [0.2, 0.25) is 5.02 Å². The molecule has 4 rings (SSSR count). The largest absolute Gasteiger partial charge is 0.339 e. The number of nitrogens with zero attached hydrogens (tertiary/aromatic N) is 4. The predicted molar refractivity (Wildman–Crippen MR) is 114 cm³/mol. The van der Waals surface area contributed by atoms with Gasteiger partial charge < -0.3 is 9.84 Å². The Hall–Kier alpha value is -3.31. The van der Waals surface area contributed by atoms with Crippen LogP contribution in [0.3, 0.4) is 0 Å². The Morgan fingerprint density at radius 1 is 1.19 bits per heavy atom. The number of aromatic nitrogens is 5. The fourth-order valence-electron chi connectivity index (χ4n) is 2.67. The van der Waals surface area contributed by atoms with E-state index in [1.54, 1.807) is 12.1 Å². The predicted octanol–water partition coefficient (Wildman–Crippen LogP) is 4.65. The van der Waals surface area contributed by atoms with Gasteiger partial charge in [-0.15, -0.1) is 5.10 Å². The molecule has 2 aromatic carbocycles. The van der Waals surface area contributed by atoms with E-state index in [2.05, 4.69) is 30.6 Å². The minimum absolute atomic E-state index is 0.0729. The van der Waals surface area contributed by atoms with E-state index in [4.69, 9.17) is 16.1 Å². The van der Waals surface area contributed by atoms with E-state index in [0.717, 1.165) is 0 Å². The Balaban J connectivity index is 1.26. The summed E-state index contributed by atoms with van der Waals surface area (Å²) in [7, 11) is 0. The number of carbonyl (C=O) groups is 1. The summed E-state index contributed by atoms with van der Waals surface area (Å²) in [5.41, 5.74) is 0.987. The Morgan fingerprint density at radius 2 is 2.06 bits per heavy atom. The molecular weight excluding hydrogens is 462 g/mol. The maximum absolute atomic E-state index is 13.3. The van der Waals surface area contributed by atoms with E-state index in [1.807, 2.05) is 0 Å². The lowest BCUT2D eigenvalue weighted by atomic mass is 10.2. The molecule has 164 valence electrons. The third-order valence-corrected chi connectivity index (χ3v) is 5.31. The highest BCUT2D eigenvalue weighted by atomic mass is 35.5. The molecule has 0 saturated heterocycles. The molecule has 1 amide bonds. The molecule has 0 atom stereocenters. The smallest absolute Gasteiger partial charge is 0.227 e. The van der Waals surface area contributed by atoms with Crippen molar-refractivity contribution in [2.24, 2.45) is 0 Å². The van der Waals surface area contributed by atoms with Gasteiger partial charge in [-0.1, -0.05) is 40.7 Å². The summed E-state index contributed by atoms with van der Waals surface area (Å²) in [5.74, 6) is 0.320. The highest BCUT2D eigenvalue weighted by Crippen LogP contribution is 2.22. The van der Waals surface area contributed by atoms with Crippen LogP contribution in [0, 0.1) is 11.6 Å². The zero-order valence-corrected chi connectivity index (χ0v) is 17.9. The molecule has 0 saturated carbocycles. The van der Waals surface area contributed by atoms with Crippen LogP contribution in [0.15, 0.2) is 52.1 Å². The number of carbonyl (C=O) groups excluding carboxylic acids is 1. The first-order valence-corrected chi connectivity index (χ1v) is 10.7. The number of anilines is 1. The van der Waals surface area contributed by atoms with Crippen molar-refractivity contribution in [1.29, 1.82) is 0 Å². The van der Waals surface area contributed by atoms with Crippen LogP contribution in [0.4, 0.5) is 14.5 Å². The van der Waals surface area contributed by atoms with Gasteiger partial charge in [0.25, 0.3) is 0 Å². The van der Waals surface area contributed by atoms with Crippen molar-refractivity contribution in [2.45, 2.75) is 23.8 Å². The highest BCUT2D eigenvalue weighted by Gasteiger charge is 2.13. The molecule has 2 heterocycles. The molecule has 0 radical (unpaired) electrons. The van der Waals surface area contributed by atoms with E-state index in [9.17, 15) is 13.6 Å². The summed E-state index contributed by atoms with van der Waals surface area (Å²) in [6, 6.07) is 9.96. The fourth-order valence-corrected chi connectivity index (χ4v) is 3.50. The number of halogens is 3. The van der Waals surface area contributed by atoms with Crippen LogP contribution in [0.25, 0.3) is 11.4 Å². The normalized spacial score (nSPS) is 11.0. The van der Waals surface area contributed by atoms with Crippen LogP contribution in [-0.2, 0) is 17.0 Å². The lowest BCUT2D eigenvalue weighted by Gasteiger charge is -2.04. The molecule has 0 unspecified atom stereocenters. The molecule has 2 aromatic heterocycles. The van der Waals surface area contributed by atoms with Gasteiger partial charge in [0.15, 0.2) is 11.6 Å². The summed E-state index contributed by atoms with van der Waals surface area (Å²) < 4.78 is 31.7. The number of hydrogen-bond acceptors (Lipinski definition) is 7. The Bertz CT molecular complexity index is 1250. The highest BCUT2D eigenvalue weighted by molar-refractivity contribution is 7.98. The quantitative estimate of drug-likeness (QED) is 0.356. The van der Waals surface area contributed by atoms with Gasteiger partial charge in [0.05, 0.1) is 10.8 Å². The van der Waals surface area contributed by atoms with Crippen molar-refractivity contribution in [2.75, 3.05) is 5.32 Å². The third-order valence-electron chi connectivity index (χ3n) is 4.17. The minimum Gasteiger partial charge on any atom is -0.339 e. The molecular formula is C20H15ClF2N6O2S. The monoisotopic (exact) mass is 476 g/mol. The van der Waals surface area contributed by atoms with Crippen LogP contribution in [0.1, 0.15) is 18.1 Å². The van der Waals surface area contributed by atoms with Gasteiger partial charge >= 0.3 is 0 Å². The zero-order chi connectivity index (χ0) is 22.5. The summed E-state index contributed by atoms with van der Waals surface area (Å²) in [5, 5.41) is 13.7. The lowest BCUT2D eigenvalue weighted by molar-refractivity contribution is -0.116. The number of nitrogens with one attached hydrogen (secondary N) is 2. The first-order valence-electron chi connectivity index (χ1n) is 9.34. The van der Waals surface area contributed by atoms with E-state index in [0.29, 0.717) is 39.7 Å². The zero-order valence-electron chi connectivity index (χ0n) is 16.3. The summed E-state index contributed by atoms with van der Waals surface area (Å²) in [6.45, 7) is 0. The maximum atomic E-state index is 13.3. The van der Waals surface area contributed by atoms with Gasteiger partial charge in [0.1, 0.15) is 11.6 Å². The average molecular weight is 477 g/mol. The molecule has 0 fully saturated rings. The number of amides is 1. The number of benzene rings is 2. The summed E-state index contributed by atoms with van der Waals surface area (Å²) in [4.78, 5) is 20.6. The molecule has 4 aromatic rings. The molecule has 0 aliphatic carbocycles. The van der Waals surface area contributed by atoms with Gasteiger partial charge in [-0.05, 0) is 30.3 Å². The molecule has 32 heavy (non-hydrogen) atoms. The SMILES string of the molecule is O=C(CCc1nc(CSc2n[nH]c(-c3cccc(F)c3)n2)no1)Nc1ccc(F)c(Cl)c1. The number of aryl methyl sites for hydroxylation is 1. The molecule has 2 N–H and O–H groups in total. The van der Waals surface area contributed by atoms with Gasteiger partial charge in [-0.25, -0.2) is 13.8 Å². The molecule has 12 heteroatoms. The molecule has 0 spiro atoms. The lowest BCUT2D eigenvalue weighted by Crippen LogP contribution is -2.12. The van der Waals surface area contributed by atoms with E-state index >= 15 is 0 Å². The number of rotatable bonds is 8. The maximum Gasteiger partial charge on any atom is 0.227 e. The number of thioether (sulfide) groups is 1. The second kappa shape index (κ2) is 9.88. The molecule has 0 aliphatic rings. The van der Waals surface area contributed by atoms with E-state index in [1.165, 1.54) is 42.1 Å². The van der Waals surface area contributed by atoms with Crippen LogP contribution in [0.5, 0.6) is 0 Å². The Morgan fingerprint density at radius 3 is 2.88 bits per heavy atom. The van der Waals surface area contributed by atoms with Crippen LogP contribution in [-0.4, -0.2) is 31.2 Å². The first kappa shape index (κ1) is 21.9. The number of H-pyrrole nitrogens is 1. The summed E-state index contributed by atoms with van der Waals surface area (Å²) in [6.07, 6.45) is 0.338. The van der Waals surface area contributed by atoms with Gasteiger partial charge in [0, 0.05) is 24.1 Å². The van der Waals surface area contributed by atoms with Crippen molar-refractivity contribution in [1.82, 2.24) is 25.3 Å². The summed E-state index contributed by atoms with van der Waals surface area (Å²) >= 11 is 6.98. The third kappa shape index (κ3) is 5.68. The van der Waals surface area contributed by atoms with Crippen molar-refractivity contribution < 1.29 is 18.1 Å². The van der Waals surface area contributed by atoms with Crippen molar-refractivity contribution >= 4 is 35.0 Å². The van der Waals surface area contributed by atoms with Crippen LogP contribution < -0.4 is 5.32 Å². The topological polar surface area (TPSA) is 110 Å². The van der Waals surface area contributed by atoms with E-state index in [-0.39, 0.29) is 29.6 Å². The molecule has 0 bridgehead atoms. The second-order valence-corrected chi connectivity index (χ2v) is 7.90. The van der Waals surface area contributed by atoms with Crippen molar-refractivity contribution in [3.8, 4) is 11.4 Å². The van der Waals surface area contributed by atoms with Crippen molar-refractivity contribution in [3.63, 3.8) is 0 Å². The van der Waals surface area contributed by atoms with Gasteiger partial charge in [-0.2, -0.15) is 4.98 Å². The average Bonchev–Trinajstić information content (AvgIpc) is 3.43. The minimum atomic E-state index is -0.559. The number of hydrogen-bond donors (Lipinski definition) is 2. The second-order valence-electron chi connectivity index (χ2n) is 6.55. The Labute approximate surface area is 189 Å². The van der Waals surface area contributed by atoms with Crippen molar-refractivity contribution in [3.05, 3.63) is 70.8 Å². The Kier molecular flexibility index (Phi) is 6.76. The van der Waals surface area contributed by atoms with E-state index < -0.39 is 5.82 Å².